The van der Waals surface area contributed by atoms with Gasteiger partial charge in [0.15, 0.2) is 0 Å². The zero-order valence-corrected chi connectivity index (χ0v) is 23.8. The summed E-state index contributed by atoms with van der Waals surface area (Å²) >= 11 is 0. The second kappa shape index (κ2) is 10.2. The van der Waals surface area contributed by atoms with Crippen LogP contribution in [-0.4, -0.2) is 79.8 Å². The number of anilines is 1. The van der Waals surface area contributed by atoms with Crippen LogP contribution in [0.2, 0.25) is 0 Å². The number of nitrogens with zero attached hydrogens (tertiary/aromatic N) is 9. The summed E-state index contributed by atoms with van der Waals surface area (Å²) in [6, 6.07) is 11.3. The van der Waals surface area contributed by atoms with Gasteiger partial charge >= 0.3 is 0 Å². The number of H-pyrrole nitrogens is 1. The van der Waals surface area contributed by atoms with Gasteiger partial charge in [0, 0.05) is 80.8 Å². The molecule has 6 heterocycles. The highest BCUT2D eigenvalue weighted by atomic mass is 19.1. The average molecular weight is 565 g/mol. The Morgan fingerprint density at radius 2 is 1.88 bits per heavy atom. The first-order valence-corrected chi connectivity index (χ1v) is 14.5. The zero-order valence-electron chi connectivity index (χ0n) is 23.8. The van der Waals surface area contributed by atoms with Crippen LogP contribution in [0.25, 0.3) is 22.3 Å². The molecule has 3 aliphatic rings. The molecular formula is C31H33FN10. The summed E-state index contributed by atoms with van der Waals surface area (Å²) < 4.78 is 17.3. The van der Waals surface area contributed by atoms with Gasteiger partial charge in [-0.25, -0.2) is 14.4 Å². The summed E-state index contributed by atoms with van der Waals surface area (Å²) in [4.78, 5) is 18.7. The molecule has 42 heavy (non-hydrogen) atoms. The second-order valence-electron chi connectivity index (χ2n) is 12.2. The maximum atomic E-state index is 15.4. The van der Waals surface area contributed by atoms with Crippen molar-refractivity contribution in [3.8, 4) is 23.4 Å². The fraction of sp³-hybridized carbons (Fsp3) is 0.452. The lowest BCUT2D eigenvalue weighted by Gasteiger charge is -2.55. The molecule has 3 fully saturated rings. The van der Waals surface area contributed by atoms with E-state index < -0.39 is 5.82 Å². The van der Waals surface area contributed by atoms with Crippen molar-refractivity contribution in [2.24, 2.45) is 0 Å². The molecule has 4 aromatic rings. The number of hydrogen-bond acceptors (Lipinski definition) is 8. The van der Waals surface area contributed by atoms with E-state index in [-0.39, 0.29) is 11.1 Å². The van der Waals surface area contributed by atoms with E-state index in [1.54, 1.807) is 11.2 Å². The minimum Gasteiger partial charge on any atom is -0.377 e. The molecule has 2 unspecified atom stereocenters. The third kappa shape index (κ3) is 4.23. The number of nitrogens with one attached hydrogen (secondary N) is 1. The quantitative estimate of drug-likeness (QED) is 0.358. The van der Waals surface area contributed by atoms with Crippen LogP contribution in [0.1, 0.15) is 43.2 Å². The fourth-order valence-electron chi connectivity index (χ4n) is 7.47. The summed E-state index contributed by atoms with van der Waals surface area (Å²) in [6.07, 6.45) is 11.9. The first-order chi connectivity index (χ1) is 20.4. The van der Waals surface area contributed by atoms with Gasteiger partial charge in [-0.2, -0.15) is 15.6 Å². The van der Waals surface area contributed by atoms with Crippen molar-refractivity contribution < 1.29 is 4.39 Å². The van der Waals surface area contributed by atoms with Gasteiger partial charge in [-0.1, -0.05) is 6.07 Å². The van der Waals surface area contributed by atoms with Gasteiger partial charge in [-0.15, -0.1) is 0 Å². The highest BCUT2D eigenvalue weighted by Gasteiger charge is 2.51. The van der Waals surface area contributed by atoms with Gasteiger partial charge in [0.1, 0.15) is 35.0 Å². The highest BCUT2D eigenvalue weighted by Crippen LogP contribution is 2.43. The number of likely N-dealkylation sites (tertiary alicyclic amines) is 1. The van der Waals surface area contributed by atoms with Crippen LogP contribution >= 0.6 is 0 Å². The van der Waals surface area contributed by atoms with Gasteiger partial charge in [0.05, 0.1) is 30.1 Å². The molecule has 11 heteroatoms. The molecule has 0 spiro atoms. The molecule has 7 rings (SSSR count). The SMILES string of the molecule is CN(C)c1ccc(CN2C3CCC2CC(N2CC(CC#N)(n4cc(-c5ncnc6[nH]ccc56)cn4)C2)C3)c(F)c1C#N. The van der Waals surface area contributed by atoms with Gasteiger partial charge in [-0.05, 0) is 37.8 Å². The number of fused-ring (bicyclic) bond motifs is 3. The minimum atomic E-state index is -0.396. The summed E-state index contributed by atoms with van der Waals surface area (Å²) in [6.45, 7) is 2.09. The van der Waals surface area contributed by atoms with E-state index in [1.807, 2.05) is 55.6 Å². The Morgan fingerprint density at radius 1 is 1.10 bits per heavy atom. The molecule has 1 aromatic carbocycles. The van der Waals surface area contributed by atoms with Gasteiger partial charge in [0.25, 0.3) is 0 Å². The molecule has 2 bridgehead atoms. The van der Waals surface area contributed by atoms with Crippen molar-refractivity contribution in [2.45, 2.75) is 62.3 Å². The monoisotopic (exact) mass is 564 g/mol. The number of halogens is 1. The zero-order chi connectivity index (χ0) is 29.0. The van der Waals surface area contributed by atoms with Crippen LogP contribution in [-0.2, 0) is 12.1 Å². The number of aromatic nitrogens is 5. The van der Waals surface area contributed by atoms with Crippen molar-refractivity contribution in [3.63, 3.8) is 0 Å². The number of aromatic amines is 1. The van der Waals surface area contributed by atoms with Crippen molar-refractivity contribution >= 4 is 16.7 Å². The first-order valence-electron chi connectivity index (χ1n) is 14.5. The van der Waals surface area contributed by atoms with Crippen LogP contribution < -0.4 is 4.90 Å². The van der Waals surface area contributed by atoms with Gasteiger partial charge in [-0.3, -0.25) is 14.5 Å². The lowest BCUT2D eigenvalue weighted by Crippen LogP contribution is -2.67. The van der Waals surface area contributed by atoms with Gasteiger partial charge < -0.3 is 9.88 Å². The maximum Gasteiger partial charge on any atom is 0.147 e. The van der Waals surface area contributed by atoms with Crippen molar-refractivity contribution in [1.29, 1.82) is 10.5 Å². The molecule has 1 N–H and O–H groups in total. The highest BCUT2D eigenvalue weighted by molar-refractivity contribution is 5.90. The van der Waals surface area contributed by atoms with E-state index in [2.05, 4.69) is 36.9 Å². The Bertz CT molecular complexity index is 1710. The largest absolute Gasteiger partial charge is 0.377 e. The molecular weight excluding hydrogens is 531 g/mol. The van der Waals surface area contributed by atoms with E-state index in [0.29, 0.717) is 42.3 Å². The van der Waals surface area contributed by atoms with Crippen LogP contribution in [0.4, 0.5) is 10.1 Å². The molecule has 0 saturated carbocycles. The summed E-state index contributed by atoms with van der Waals surface area (Å²) in [7, 11) is 3.65. The molecule has 10 nitrogen and oxygen atoms in total. The van der Waals surface area contributed by atoms with Crippen LogP contribution in [0, 0.1) is 28.5 Å². The molecule has 214 valence electrons. The lowest BCUT2D eigenvalue weighted by atomic mass is 9.82. The van der Waals surface area contributed by atoms with Crippen molar-refractivity contribution in [2.75, 3.05) is 32.1 Å². The second-order valence-corrected chi connectivity index (χ2v) is 12.2. The number of piperidine rings is 1. The van der Waals surface area contributed by atoms with E-state index in [4.69, 9.17) is 5.10 Å². The molecule has 0 aliphatic carbocycles. The van der Waals surface area contributed by atoms with Crippen molar-refractivity contribution in [3.05, 3.63) is 60.1 Å². The number of rotatable bonds is 7. The van der Waals surface area contributed by atoms with Gasteiger partial charge in [0.2, 0.25) is 0 Å². The third-order valence-electron chi connectivity index (χ3n) is 9.62. The molecule has 2 atom stereocenters. The van der Waals surface area contributed by atoms with Crippen molar-refractivity contribution in [1.82, 2.24) is 34.5 Å². The Hall–Kier alpha value is -4.32. The average Bonchev–Trinajstić information content (AvgIpc) is 3.69. The van der Waals surface area contributed by atoms with Crippen LogP contribution in [0.5, 0.6) is 0 Å². The first kappa shape index (κ1) is 26.6. The topological polar surface area (TPSA) is 117 Å². The standard InChI is InChI=1S/C31H33FN10/c1-39(2)27-6-3-20(28(32)26(27)13-34)15-41-22-4-5-23(41)12-24(11-22)40-17-31(18-40,8-9-33)42-16-21(14-38-42)29-25-7-10-35-30(25)37-19-36-29/h3,6-7,10,14,16,19,22-24H,4-5,8,11-12,15,17-18H2,1-2H3,(H,35,36,37). The molecule has 3 saturated heterocycles. The number of nitriles is 2. The van der Waals surface area contributed by atoms with E-state index in [9.17, 15) is 10.5 Å². The minimum absolute atomic E-state index is 0.119. The molecule has 3 aromatic heterocycles. The number of benzene rings is 1. The third-order valence-corrected chi connectivity index (χ3v) is 9.62. The molecule has 0 amide bonds. The number of hydrogen-bond donors (Lipinski definition) is 1. The Kier molecular flexibility index (Phi) is 6.45. The van der Waals surface area contributed by atoms with E-state index in [1.165, 1.54) is 0 Å². The lowest BCUT2D eigenvalue weighted by molar-refractivity contribution is -0.0560. The predicted octanol–water partition coefficient (Wildman–Crippen LogP) is 4.02. The normalized spacial score (nSPS) is 23.4. The van der Waals surface area contributed by atoms with E-state index >= 15 is 4.39 Å². The maximum absolute atomic E-state index is 15.4. The molecule has 0 radical (unpaired) electrons. The Labute approximate surface area is 244 Å². The Balaban J connectivity index is 1.05. The Morgan fingerprint density at radius 3 is 2.60 bits per heavy atom. The summed E-state index contributed by atoms with van der Waals surface area (Å²) in [5, 5.41) is 25.0. The molecule has 3 aliphatic heterocycles. The van der Waals surface area contributed by atoms with Crippen LogP contribution in [0.15, 0.2) is 43.1 Å². The summed E-state index contributed by atoms with van der Waals surface area (Å²) in [5.41, 5.74) is 3.49. The fourth-order valence-corrected chi connectivity index (χ4v) is 7.47. The van der Waals surface area contributed by atoms with Crippen LogP contribution in [0.3, 0.4) is 0 Å². The smallest absolute Gasteiger partial charge is 0.147 e. The van der Waals surface area contributed by atoms with E-state index in [0.717, 1.165) is 61.1 Å². The summed E-state index contributed by atoms with van der Waals surface area (Å²) in [5.74, 6) is -0.396. The predicted molar refractivity (Wildman–Crippen MR) is 156 cm³/mol.